The molecule has 0 aromatic carbocycles. The van der Waals surface area contributed by atoms with Crippen molar-refractivity contribution in [2.24, 2.45) is 0 Å². The maximum Gasteiger partial charge on any atom is 0.101 e. The van der Waals surface area contributed by atoms with Gasteiger partial charge in [0.2, 0.25) is 0 Å². The molecule has 0 aromatic rings. The molecule has 2 nitrogen and oxygen atoms in total. The van der Waals surface area contributed by atoms with Crippen LogP contribution in [0.15, 0.2) is 12.4 Å². The predicted molar refractivity (Wildman–Crippen MR) is 131 cm³/mol. The Morgan fingerprint density at radius 2 is 0.793 bits per heavy atom. The maximum absolute atomic E-state index is 2.67. The Bertz CT molecular complexity index is 366. The van der Waals surface area contributed by atoms with Gasteiger partial charge in [0.25, 0.3) is 0 Å². The number of hydrogen-bond donors (Lipinski definition) is 0. The topological polar surface area (TPSA) is 6.48 Å². The van der Waals surface area contributed by atoms with E-state index in [0.717, 1.165) is 0 Å². The molecule has 172 valence electrons. The number of nitrogens with zero attached hydrogens (tertiary/aromatic N) is 2. The molecule has 1 heterocycles. The Morgan fingerprint density at radius 3 is 1.21 bits per heavy atom. The standard InChI is InChI=1S/C27H54N2/c1-4-7-10-13-15-18-21-24-29-26-25-28(23-20-17-12-9-6-3)27(29)22-19-16-14-11-8-5-2/h25-27H,4-24H2,1-3H3. The van der Waals surface area contributed by atoms with E-state index >= 15 is 0 Å². The van der Waals surface area contributed by atoms with E-state index in [4.69, 9.17) is 0 Å². The van der Waals surface area contributed by atoms with Gasteiger partial charge in [0.05, 0.1) is 0 Å². The highest BCUT2D eigenvalue weighted by Gasteiger charge is 2.24. The summed E-state index contributed by atoms with van der Waals surface area (Å²) in [6, 6.07) is 0. The van der Waals surface area contributed by atoms with Crippen LogP contribution in [0.4, 0.5) is 0 Å². The first-order valence-corrected chi connectivity index (χ1v) is 13.5. The smallest absolute Gasteiger partial charge is 0.101 e. The van der Waals surface area contributed by atoms with Crippen LogP contribution < -0.4 is 0 Å². The first-order valence-electron chi connectivity index (χ1n) is 13.5. The Labute approximate surface area is 184 Å². The van der Waals surface area contributed by atoms with E-state index in [2.05, 4.69) is 43.0 Å². The lowest BCUT2D eigenvalue weighted by Crippen LogP contribution is -2.39. The average Bonchev–Trinajstić information content (AvgIpc) is 3.11. The van der Waals surface area contributed by atoms with Crippen molar-refractivity contribution in [3.63, 3.8) is 0 Å². The fraction of sp³-hybridized carbons (Fsp3) is 0.926. The van der Waals surface area contributed by atoms with Crippen LogP contribution in [0.1, 0.15) is 143 Å². The molecule has 0 radical (unpaired) electrons. The van der Waals surface area contributed by atoms with Gasteiger partial charge < -0.3 is 9.80 Å². The minimum absolute atomic E-state index is 0.646. The van der Waals surface area contributed by atoms with E-state index in [9.17, 15) is 0 Å². The van der Waals surface area contributed by atoms with Crippen molar-refractivity contribution in [3.05, 3.63) is 12.4 Å². The average molecular weight is 407 g/mol. The van der Waals surface area contributed by atoms with Crippen LogP contribution in [-0.2, 0) is 0 Å². The second-order valence-electron chi connectivity index (χ2n) is 9.35. The first-order chi connectivity index (χ1) is 14.3. The summed E-state index contributed by atoms with van der Waals surface area (Å²) in [5.74, 6) is 0. The van der Waals surface area contributed by atoms with Gasteiger partial charge in [0, 0.05) is 25.5 Å². The molecular weight excluding hydrogens is 352 g/mol. The molecule has 0 N–H and O–H groups in total. The third-order valence-electron chi connectivity index (χ3n) is 6.57. The van der Waals surface area contributed by atoms with Crippen LogP contribution >= 0.6 is 0 Å². The van der Waals surface area contributed by atoms with Crippen molar-refractivity contribution in [2.75, 3.05) is 13.1 Å². The Morgan fingerprint density at radius 1 is 0.448 bits per heavy atom. The second-order valence-corrected chi connectivity index (χ2v) is 9.35. The molecule has 0 aliphatic carbocycles. The monoisotopic (exact) mass is 406 g/mol. The lowest BCUT2D eigenvalue weighted by molar-refractivity contribution is 0.135. The summed E-state index contributed by atoms with van der Waals surface area (Å²) >= 11 is 0. The van der Waals surface area contributed by atoms with Gasteiger partial charge in [-0.15, -0.1) is 0 Å². The zero-order valence-corrected chi connectivity index (χ0v) is 20.5. The van der Waals surface area contributed by atoms with E-state index in [1.165, 1.54) is 135 Å². The van der Waals surface area contributed by atoms with Crippen LogP contribution in [0.2, 0.25) is 0 Å². The van der Waals surface area contributed by atoms with Gasteiger partial charge in [-0.2, -0.15) is 0 Å². The molecule has 0 saturated carbocycles. The first kappa shape index (κ1) is 26.4. The molecule has 1 aliphatic rings. The lowest BCUT2D eigenvalue weighted by atomic mass is 10.1. The van der Waals surface area contributed by atoms with Crippen molar-refractivity contribution in [2.45, 2.75) is 149 Å². The van der Waals surface area contributed by atoms with E-state index in [-0.39, 0.29) is 0 Å². The van der Waals surface area contributed by atoms with Gasteiger partial charge in [-0.1, -0.05) is 117 Å². The van der Waals surface area contributed by atoms with Gasteiger partial charge in [0.1, 0.15) is 6.17 Å². The number of unbranched alkanes of at least 4 members (excludes halogenated alkanes) is 15. The van der Waals surface area contributed by atoms with Crippen molar-refractivity contribution >= 4 is 0 Å². The fourth-order valence-electron chi connectivity index (χ4n) is 4.60. The van der Waals surface area contributed by atoms with Crippen LogP contribution in [0.25, 0.3) is 0 Å². The van der Waals surface area contributed by atoms with Gasteiger partial charge in [-0.25, -0.2) is 0 Å². The highest BCUT2D eigenvalue weighted by molar-refractivity contribution is 4.97. The second kappa shape index (κ2) is 19.3. The Balaban J connectivity index is 2.30. The third kappa shape index (κ3) is 13.3. The summed E-state index contributed by atoms with van der Waals surface area (Å²) in [5.41, 5.74) is 0. The molecule has 2 heteroatoms. The van der Waals surface area contributed by atoms with E-state index in [1.807, 2.05) is 0 Å². The van der Waals surface area contributed by atoms with Crippen molar-refractivity contribution in [1.29, 1.82) is 0 Å². The molecule has 1 atom stereocenters. The molecule has 0 saturated heterocycles. The molecular formula is C27H54N2. The number of hydrogen-bond acceptors (Lipinski definition) is 2. The number of rotatable bonds is 21. The van der Waals surface area contributed by atoms with Crippen LogP contribution in [0.5, 0.6) is 0 Å². The Kier molecular flexibility index (Phi) is 17.6. The van der Waals surface area contributed by atoms with E-state index < -0.39 is 0 Å². The molecule has 1 aliphatic heterocycles. The quantitative estimate of drug-likeness (QED) is 0.176. The third-order valence-corrected chi connectivity index (χ3v) is 6.57. The van der Waals surface area contributed by atoms with Crippen LogP contribution in [-0.4, -0.2) is 29.1 Å². The largest absolute Gasteiger partial charge is 0.356 e. The normalized spacial score (nSPS) is 16.3. The predicted octanol–water partition coefficient (Wildman–Crippen LogP) is 8.87. The summed E-state index contributed by atoms with van der Waals surface area (Å²) in [4.78, 5) is 5.34. The minimum Gasteiger partial charge on any atom is -0.356 e. The van der Waals surface area contributed by atoms with Crippen molar-refractivity contribution in [1.82, 2.24) is 9.80 Å². The van der Waals surface area contributed by atoms with Crippen molar-refractivity contribution in [3.8, 4) is 0 Å². The summed E-state index contributed by atoms with van der Waals surface area (Å²) < 4.78 is 0. The molecule has 0 amide bonds. The Hall–Kier alpha value is -0.660. The van der Waals surface area contributed by atoms with Crippen LogP contribution in [0.3, 0.4) is 0 Å². The van der Waals surface area contributed by atoms with Gasteiger partial charge in [-0.05, 0) is 25.7 Å². The van der Waals surface area contributed by atoms with Crippen molar-refractivity contribution < 1.29 is 0 Å². The summed E-state index contributed by atoms with van der Waals surface area (Å²) in [6.07, 6.45) is 32.1. The minimum atomic E-state index is 0.646. The fourth-order valence-corrected chi connectivity index (χ4v) is 4.60. The maximum atomic E-state index is 2.67. The molecule has 29 heavy (non-hydrogen) atoms. The van der Waals surface area contributed by atoms with E-state index in [1.54, 1.807) is 0 Å². The molecule has 0 aromatic heterocycles. The molecule has 0 fully saturated rings. The summed E-state index contributed by atoms with van der Waals surface area (Å²) in [7, 11) is 0. The van der Waals surface area contributed by atoms with Crippen LogP contribution in [0, 0.1) is 0 Å². The molecule has 1 unspecified atom stereocenters. The molecule has 0 spiro atoms. The molecule has 0 bridgehead atoms. The highest BCUT2D eigenvalue weighted by atomic mass is 15.4. The zero-order chi connectivity index (χ0) is 21.0. The SMILES string of the molecule is CCCCCCCCCN1C=CN(CCCCCCC)C1CCCCCCCC. The highest BCUT2D eigenvalue weighted by Crippen LogP contribution is 2.23. The summed E-state index contributed by atoms with van der Waals surface area (Å²) in [5, 5.41) is 0. The lowest BCUT2D eigenvalue weighted by Gasteiger charge is -2.33. The van der Waals surface area contributed by atoms with Gasteiger partial charge in [-0.3, -0.25) is 0 Å². The molecule has 1 rings (SSSR count). The summed E-state index contributed by atoms with van der Waals surface area (Å²) in [6.45, 7) is 9.44. The van der Waals surface area contributed by atoms with Gasteiger partial charge in [0.15, 0.2) is 0 Å². The van der Waals surface area contributed by atoms with Gasteiger partial charge >= 0.3 is 0 Å². The zero-order valence-electron chi connectivity index (χ0n) is 20.5. The van der Waals surface area contributed by atoms with E-state index in [0.29, 0.717) is 6.17 Å².